The summed E-state index contributed by atoms with van der Waals surface area (Å²) in [6.07, 6.45) is 2.75. The van der Waals surface area contributed by atoms with Crippen molar-refractivity contribution in [3.8, 4) is 5.75 Å². The zero-order valence-corrected chi connectivity index (χ0v) is 14.6. The lowest BCUT2D eigenvalue weighted by Gasteiger charge is -2.40. The number of ether oxygens (including phenoxy) is 2. The molecular weight excluding hydrogens is 308 g/mol. The maximum atomic E-state index is 12.9. The maximum absolute atomic E-state index is 12.9. The van der Waals surface area contributed by atoms with E-state index in [1.807, 2.05) is 4.90 Å². The molecule has 0 spiro atoms. The van der Waals surface area contributed by atoms with Gasteiger partial charge in [0, 0.05) is 32.7 Å². The van der Waals surface area contributed by atoms with Crippen LogP contribution in [0.1, 0.15) is 36.0 Å². The molecule has 132 valence electrons. The minimum absolute atomic E-state index is 0.0210. The van der Waals surface area contributed by atoms with Gasteiger partial charge in [-0.05, 0) is 43.5 Å². The SMILES string of the molecule is CNC(=O)CC[C@H]1[C@@H](OC)CCCN1C(=O)c1ccc(OC)cc1. The third-order valence-corrected chi connectivity index (χ3v) is 4.56. The van der Waals surface area contributed by atoms with Crippen LogP contribution in [0.4, 0.5) is 0 Å². The monoisotopic (exact) mass is 334 g/mol. The molecule has 0 saturated carbocycles. The molecule has 1 aliphatic heterocycles. The van der Waals surface area contributed by atoms with Gasteiger partial charge in [-0.2, -0.15) is 0 Å². The van der Waals surface area contributed by atoms with E-state index in [1.54, 1.807) is 45.5 Å². The Morgan fingerprint density at radius 2 is 1.96 bits per heavy atom. The number of hydrogen-bond donors (Lipinski definition) is 1. The molecule has 0 bridgehead atoms. The number of nitrogens with one attached hydrogen (secondary N) is 1. The molecule has 1 aromatic rings. The molecule has 1 fully saturated rings. The van der Waals surface area contributed by atoms with Crippen molar-refractivity contribution in [2.45, 2.75) is 37.8 Å². The summed E-state index contributed by atoms with van der Waals surface area (Å²) in [5.41, 5.74) is 0.623. The molecule has 2 rings (SSSR count). The highest BCUT2D eigenvalue weighted by atomic mass is 16.5. The second-order valence-electron chi connectivity index (χ2n) is 5.92. The Labute approximate surface area is 143 Å². The van der Waals surface area contributed by atoms with Crippen molar-refractivity contribution in [3.63, 3.8) is 0 Å². The molecule has 2 amide bonds. The van der Waals surface area contributed by atoms with E-state index in [-0.39, 0.29) is 24.0 Å². The fourth-order valence-corrected chi connectivity index (χ4v) is 3.19. The smallest absolute Gasteiger partial charge is 0.254 e. The quantitative estimate of drug-likeness (QED) is 0.862. The molecule has 1 heterocycles. The number of carbonyl (C=O) groups excluding carboxylic acids is 2. The number of piperidine rings is 1. The van der Waals surface area contributed by atoms with E-state index in [9.17, 15) is 9.59 Å². The van der Waals surface area contributed by atoms with E-state index in [0.29, 0.717) is 24.9 Å². The molecule has 2 atom stereocenters. The number of hydrogen-bond acceptors (Lipinski definition) is 4. The predicted octanol–water partition coefficient (Wildman–Crippen LogP) is 1.84. The number of rotatable bonds is 6. The van der Waals surface area contributed by atoms with Gasteiger partial charge < -0.3 is 19.7 Å². The lowest BCUT2D eigenvalue weighted by molar-refractivity contribution is -0.121. The van der Waals surface area contributed by atoms with Crippen LogP contribution in [0.25, 0.3) is 0 Å². The molecule has 24 heavy (non-hydrogen) atoms. The maximum Gasteiger partial charge on any atom is 0.254 e. The van der Waals surface area contributed by atoms with Gasteiger partial charge in [0.25, 0.3) is 5.91 Å². The largest absolute Gasteiger partial charge is 0.497 e. The fourth-order valence-electron chi connectivity index (χ4n) is 3.19. The number of methoxy groups -OCH3 is 2. The van der Waals surface area contributed by atoms with Crippen LogP contribution < -0.4 is 10.1 Å². The molecule has 6 heteroatoms. The van der Waals surface area contributed by atoms with Crippen molar-refractivity contribution in [3.05, 3.63) is 29.8 Å². The van der Waals surface area contributed by atoms with Gasteiger partial charge >= 0.3 is 0 Å². The third kappa shape index (κ3) is 4.26. The van der Waals surface area contributed by atoms with E-state index < -0.39 is 0 Å². The predicted molar refractivity (Wildman–Crippen MR) is 91.2 cm³/mol. The first-order valence-electron chi connectivity index (χ1n) is 8.29. The Morgan fingerprint density at radius 1 is 1.25 bits per heavy atom. The van der Waals surface area contributed by atoms with Gasteiger partial charge in [-0.3, -0.25) is 9.59 Å². The van der Waals surface area contributed by atoms with Crippen LogP contribution in [0.3, 0.4) is 0 Å². The van der Waals surface area contributed by atoms with Crippen molar-refractivity contribution in [2.75, 3.05) is 27.8 Å². The van der Waals surface area contributed by atoms with Crippen LogP contribution >= 0.6 is 0 Å². The van der Waals surface area contributed by atoms with Crippen LogP contribution in [0, 0.1) is 0 Å². The minimum atomic E-state index is -0.0874. The van der Waals surface area contributed by atoms with Gasteiger partial charge in [-0.1, -0.05) is 0 Å². The number of amides is 2. The van der Waals surface area contributed by atoms with Crippen molar-refractivity contribution < 1.29 is 19.1 Å². The van der Waals surface area contributed by atoms with Gasteiger partial charge in [0.1, 0.15) is 5.75 Å². The third-order valence-electron chi connectivity index (χ3n) is 4.56. The topological polar surface area (TPSA) is 67.9 Å². The lowest BCUT2D eigenvalue weighted by Crippen LogP contribution is -2.52. The van der Waals surface area contributed by atoms with Crippen LogP contribution in [0.5, 0.6) is 5.75 Å². The Hall–Kier alpha value is -2.08. The summed E-state index contributed by atoms with van der Waals surface area (Å²) in [4.78, 5) is 26.4. The Bertz CT molecular complexity index is 559. The summed E-state index contributed by atoms with van der Waals surface area (Å²) in [5, 5.41) is 2.63. The molecule has 0 aromatic heterocycles. The van der Waals surface area contributed by atoms with Crippen LogP contribution in [-0.4, -0.2) is 56.7 Å². The molecule has 1 aliphatic rings. The Morgan fingerprint density at radius 3 is 2.54 bits per heavy atom. The van der Waals surface area contributed by atoms with Gasteiger partial charge in [0.2, 0.25) is 5.91 Å². The number of carbonyl (C=O) groups is 2. The Balaban J connectivity index is 2.15. The second-order valence-corrected chi connectivity index (χ2v) is 5.92. The number of likely N-dealkylation sites (tertiary alicyclic amines) is 1. The van der Waals surface area contributed by atoms with Crippen LogP contribution in [-0.2, 0) is 9.53 Å². The normalized spacial score (nSPS) is 20.5. The van der Waals surface area contributed by atoms with Crippen molar-refractivity contribution in [1.82, 2.24) is 10.2 Å². The number of benzene rings is 1. The first-order chi connectivity index (χ1) is 11.6. The molecule has 1 saturated heterocycles. The second kappa shape index (κ2) is 8.68. The highest BCUT2D eigenvalue weighted by Crippen LogP contribution is 2.26. The van der Waals surface area contributed by atoms with E-state index in [2.05, 4.69) is 5.32 Å². The van der Waals surface area contributed by atoms with Crippen molar-refractivity contribution in [2.24, 2.45) is 0 Å². The van der Waals surface area contributed by atoms with Gasteiger partial charge in [-0.25, -0.2) is 0 Å². The summed E-state index contributed by atoms with van der Waals surface area (Å²) >= 11 is 0. The van der Waals surface area contributed by atoms with Crippen LogP contribution in [0.15, 0.2) is 24.3 Å². The van der Waals surface area contributed by atoms with Crippen molar-refractivity contribution >= 4 is 11.8 Å². The van der Waals surface area contributed by atoms with E-state index >= 15 is 0 Å². The summed E-state index contributed by atoms with van der Waals surface area (Å²) in [5.74, 6) is 0.671. The van der Waals surface area contributed by atoms with E-state index in [1.165, 1.54) is 0 Å². The standard InChI is InChI=1S/C18H26N2O4/c1-19-17(21)11-10-15-16(24-3)5-4-12-20(15)18(22)13-6-8-14(23-2)9-7-13/h6-9,15-16H,4-5,10-12H2,1-3H3,(H,19,21)/t15-,16-/m0/s1. The molecule has 1 aromatic carbocycles. The fraction of sp³-hybridized carbons (Fsp3) is 0.556. The lowest BCUT2D eigenvalue weighted by atomic mass is 9.93. The zero-order chi connectivity index (χ0) is 17.5. The average molecular weight is 334 g/mol. The van der Waals surface area contributed by atoms with Gasteiger partial charge in [0.15, 0.2) is 0 Å². The molecule has 1 N–H and O–H groups in total. The highest BCUT2D eigenvalue weighted by molar-refractivity contribution is 5.94. The first-order valence-corrected chi connectivity index (χ1v) is 8.29. The minimum Gasteiger partial charge on any atom is -0.497 e. The molecule has 0 radical (unpaired) electrons. The van der Waals surface area contributed by atoms with E-state index in [4.69, 9.17) is 9.47 Å². The molecule has 0 unspecified atom stereocenters. The summed E-state index contributed by atoms with van der Waals surface area (Å²) < 4.78 is 10.7. The molecule has 6 nitrogen and oxygen atoms in total. The average Bonchev–Trinajstić information content (AvgIpc) is 2.65. The van der Waals surface area contributed by atoms with Gasteiger partial charge in [-0.15, -0.1) is 0 Å². The van der Waals surface area contributed by atoms with Crippen molar-refractivity contribution in [1.29, 1.82) is 0 Å². The molecular formula is C18H26N2O4. The first kappa shape index (κ1) is 18.3. The molecule has 0 aliphatic carbocycles. The summed E-state index contributed by atoms with van der Waals surface area (Å²) in [6.45, 7) is 0.684. The zero-order valence-electron chi connectivity index (χ0n) is 14.6. The Kier molecular flexibility index (Phi) is 6.61. The summed E-state index contributed by atoms with van der Waals surface area (Å²) in [6, 6.07) is 7.02. The van der Waals surface area contributed by atoms with Gasteiger partial charge in [0.05, 0.1) is 19.3 Å². The van der Waals surface area contributed by atoms with E-state index in [0.717, 1.165) is 18.6 Å². The highest BCUT2D eigenvalue weighted by Gasteiger charge is 2.34. The number of nitrogens with zero attached hydrogens (tertiary/aromatic N) is 1. The van der Waals surface area contributed by atoms with Crippen LogP contribution in [0.2, 0.25) is 0 Å². The summed E-state index contributed by atoms with van der Waals surface area (Å²) in [7, 11) is 4.88.